The summed E-state index contributed by atoms with van der Waals surface area (Å²) < 4.78 is 16.6. The van der Waals surface area contributed by atoms with Crippen LogP contribution in [0.25, 0.3) is 6.08 Å². The smallest absolute Gasteiger partial charge is 0.280 e. The van der Waals surface area contributed by atoms with Crippen molar-refractivity contribution in [2.75, 3.05) is 19.8 Å². The molecule has 0 saturated carbocycles. The zero-order chi connectivity index (χ0) is 20.4. The van der Waals surface area contributed by atoms with E-state index in [1.54, 1.807) is 0 Å². The van der Waals surface area contributed by atoms with E-state index in [0.717, 1.165) is 11.6 Å². The molecule has 28 heavy (non-hydrogen) atoms. The van der Waals surface area contributed by atoms with Gasteiger partial charge in [0.2, 0.25) is 6.20 Å². The highest BCUT2D eigenvalue weighted by atomic mass is 16.6. The third-order valence-electron chi connectivity index (χ3n) is 3.59. The number of benzene rings is 2. The number of nitro groups is 2. The Balaban J connectivity index is 2.33. The lowest BCUT2D eigenvalue weighted by Crippen LogP contribution is -2.08. The Morgan fingerprint density at radius 1 is 1.00 bits per heavy atom. The minimum Gasteiger partial charge on any atom is -0.487 e. The maximum Gasteiger partial charge on any atom is 0.280 e. The molecule has 2 aromatic carbocycles. The lowest BCUT2D eigenvalue weighted by Gasteiger charge is -2.14. The van der Waals surface area contributed by atoms with Crippen LogP contribution in [0, 0.1) is 20.2 Å². The van der Waals surface area contributed by atoms with E-state index in [4.69, 9.17) is 14.2 Å². The van der Waals surface area contributed by atoms with Crippen molar-refractivity contribution in [3.05, 3.63) is 80.0 Å². The molecular formula is C19H20N2O7. The van der Waals surface area contributed by atoms with Crippen LogP contribution in [0.3, 0.4) is 0 Å². The van der Waals surface area contributed by atoms with E-state index in [1.807, 2.05) is 37.3 Å². The van der Waals surface area contributed by atoms with Crippen molar-refractivity contribution in [3.63, 3.8) is 0 Å². The molecule has 0 unspecified atom stereocenters. The highest BCUT2D eigenvalue weighted by Gasteiger charge is 2.19. The van der Waals surface area contributed by atoms with Crippen molar-refractivity contribution in [1.29, 1.82) is 0 Å². The summed E-state index contributed by atoms with van der Waals surface area (Å²) in [5, 5.41) is 22.0. The number of rotatable bonds is 11. The van der Waals surface area contributed by atoms with E-state index in [9.17, 15) is 20.2 Å². The molecular weight excluding hydrogens is 368 g/mol. The van der Waals surface area contributed by atoms with Crippen molar-refractivity contribution in [2.45, 2.75) is 13.5 Å². The van der Waals surface area contributed by atoms with Gasteiger partial charge in [0, 0.05) is 12.7 Å². The van der Waals surface area contributed by atoms with E-state index in [1.165, 1.54) is 12.1 Å². The number of nitro benzene ring substituents is 1. The Kier molecular flexibility index (Phi) is 7.92. The van der Waals surface area contributed by atoms with Crippen LogP contribution in [0.5, 0.6) is 11.5 Å². The molecule has 0 atom stereocenters. The average molecular weight is 388 g/mol. The third-order valence-corrected chi connectivity index (χ3v) is 3.59. The Bertz CT molecular complexity index is 838. The predicted molar refractivity (Wildman–Crippen MR) is 102 cm³/mol. The third kappa shape index (κ3) is 6.36. The van der Waals surface area contributed by atoms with Crippen molar-refractivity contribution >= 4 is 11.8 Å². The van der Waals surface area contributed by atoms with E-state index < -0.39 is 9.85 Å². The second-order valence-electron chi connectivity index (χ2n) is 5.54. The first kappa shape index (κ1) is 20.8. The predicted octanol–water partition coefficient (Wildman–Crippen LogP) is 3.84. The van der Waals surface area contributed by atoms with Gasteiger partial charge in [-0.05, 0) is 18.6 Å². The first-order valence-corrected chi connectivity index (χ1v) is 8.52. The Labute approximate surface area is 161 Å². The van der Waals surface area contributed by atoms with Gasteiger partial charge in [-0.3, -0.25) is 20.2 Å². The fourth-order valence-electron chi connectivity index (χ4n) is 2.31. The number of ether oxygens (including phenoxy) is 3. The summed E-state index contributed by atoms with van der Waals surface area (Å²) in [6, 6.07) is 11.9. The summed E-state index contributed by atoms with van der Waals surface area (Å²) in [5.74, 6) is 0.412. The summed E-state index contributed by atoms with van der Waals surface area (Å²) >= 11 is 0. The molecule has 0 saturated heterocycles. The average Bonchev–Trinajstić information content (AvgIpc) is 2.69. The van der Waals surface area contributed by atoms with Gasteiger partial charge in [0.05, 0.1) is 28.1 Å². The first-order valence-electron chi connectivity index (χ1n) is 8.52. The van der Waals surface area contributed by atoms with E-state index in [2.05, 4.69) is 0 Å². The molecule has 0 spiro atoms. The van der Waals surface area contributed by atoms with E-state index in [-0.39, 0.29) is 36.0 Å². The maximum absolute atomic E-state index is 11.4. The number of hydrogen-bond donors (Lipinski definition) is 0. The SMILES string of the molecule is CCOCCOc1cc([N+](=O)[O-])c(C=C[N+](=O)[O-])cc1OCc1ccccc1. The zero-order valence-corrected chi connectivity index (χ0v) is 15.3. The van der Waals surface area contributed by atoms with Crippen LogP contribution in [-0.4, -0.2) is 29.7 Å². The summed E-state index contributed by atoms with van der Waals surface area (Å²) in [4.78, 5) is 20.6. The largest absolute Gasteiger partial charge is 0.487 e. The Hall–Kier alpha value is -3.46. The molecule has 0 bridgehead atoms. The summed E-state index contributed by atoms with van der Waals surface area (Å²) in [7, 11) is 0. The van der Waals surface area contributed by atoms with Crippen LogP contribution < -0.4 is 9.47 Å². The summed E-state index contributed by atoms with van der Waals surface area (Å²) in [5.41, 5.74) is 0.613. The van der Waals surface area contributed by atoms with Crippen molar-refractivity contribution in [2.24, 2.45) is 0 Å². The molecule has 9 nitrogen and oxygen atoms in total. The second kappa shape index (κ2) is 10.6. The Morgan fingerprint density at radius 3 is 2.36 bits per heavy atom. The zero-order valence-electron chi connectivity index (χ0n) is 15.3. The summed E-state index contributed by atoms with van der Waals surface area (Å²) in [6.07, 6.45) is 1.69. The normalized spacial score (nSPS) is 10.8. The highest BCUT2D eigenvalue weighted by Crippen LogP contribution is 2.36. The van der Waals surface area contributed by atoms with Crippen LogP contribution in [0.2, 0.25) is 0 Å². The van der Waals surface area contributed by atoms with Gasteiger partial charge in [-0.2, -0.15) is 0 Å². The monoisotopic (exact) mass is 388 g/mol. The van der Waals surface area contributed by atoms with Crippen molar-refractivity contribution in [1.82, 2.24) is 0 Å². The topological polar surface area (TPSA) is 114 Å². The van der Waals surface area contributed by atoms with Gasteiger partial charge in [0.15, 0.2) is 11.5 Å². The molecule has 0 aromatic heterocycles. The highest BCUT2D eigenvalue weighted by molar-refractivity contribution is 5.66. The van der Waals surface area contributed by atoms with Crippen LogP contribution in [0.15, 0.2) is 48.7 Å². The standard InChI is InChI=1S/C19H20N2O7/c1-2-26-10-11-27-19-13-17(21(24)25)16(8-9-20(22)23)12-18(19)28-14-15-6-4-3-5-7-15/h3-9,12-13H,2,10-11,14H2,1H3. The molecule has 0 radical (unpaired) electrons. The van der Waals surface area contributed by atoms with Gasteiger partial charge in [0.1, 0.15) is 13.2 Å². The minimum atomic E-state index is -0.694. The molecule has 2 rings (SSSR count). The number of nitrogens with zero attached hydrogens (tertiary/aromatic N) is 2. The number of hydrogen-bond acceptors (Lipinski definition) is 7. The quantitative estimate of drug-likeness (QED) is 0.326. The molecule has 0 aliphatic rings. The van der Waals surface area contributed by atoms with Gasteiger partial charge >= 0.3 is 0 Å². The molecule has 0 aliphatic heterocycles. The van der Waals surface area contributed by atoms with Crippen molar-refractivity contribution < 1.29 is 24.1 Å². The summed E-state index contributed by atoms with van der Waals surface area (Å²) in [6.45, 7) is 3.06. The lowest BCUT2D eigenvalue weighted by molar-refractivity contribution is -0.401. The fraction of sp³-hybridized carbons (Fsp3) is 0.263. The van der Waals surface area contributed by atoms with E-state index in [0.29, 0.717) is 19.4 Å². The molecule has 0 amide bonds. The lowest BCUT2D eigenvalue weighted by atomic mass is 10.1. The van der Waals surface area contributed by atoms with Crippen LogP contribution in [0.4, 0.5) is 5.69 Å². The molecule has 0 fully saturated rings. The van der Waals surface area contributed by atoms with Gasteiger partial charge in [-0.15, -0.1) is 0 Å². The Morgan fingerprint density at radius 2 is 1.71 bits per heavy atom. The van der Waals surface area contributed by atoms with Gasteiger partial charge in [-0.1, -0.05) is 30.3 Å². The molecule has 0 N–H and O–H groups in total. The maximum atomic E-state index is 11.4. The van der Waals surface area contributed by atoms with Gasteiger partial charge in [0.25, 0.3) is 5.69 Å². The van der Waals surface area contributed by atoms with Crippen LogP contribution >= 0.6 is 0 Å². The van der Waals surface area contributed by atoms with Crippen LogP contribution in [-0.2, 0) is 11.3 Å². The fourth-order valence-corrected chi connectivity index (χ4v) is 2.31. The van der Waals surface area contributed by atoms with Crippen molar-refractivity contribution in [3.8, 4) is 11.5 Å². The molecule has 2 aromatic rings. The molecule has 148 valence electrons. The molecule has 0 heterocycles. The van der Waals surface area contributed by atoms with Gasteiger partial charge < -0.3 is 14.2 Å². The molecule has 0 aliphatic carbocycles. The minimum absolute atomic E-state index is 0.0434. The first-order chi connectivity index (χ1) is 13.5. The second-order valence-corrected chi connectivity index (χ2v) is 5.54. The molecule has 9 heteroatoms. The van der Waals surface area contributed by atoms with Crippen LogP contribution in [0.1, 0.15) is 18.1 Å². The van der Waals surface area contributed by atoms with Gasteiger partial charge in [-0.25, -0.2) is 0 Å². The van der Waals surface area contributed by atoms with E-state index >= 15 is 0 Å².